The Kier molecular flexibility index (Phi) is 3.67. The summed E-state index contributed by atoms with van der Waals surface area (Å²) in [5, 5.41) is 25.4. The number of benzene rings is 3. The molecule has 0 N–H and O–H groups in total. The molecule has 3 aromatic carbocycles. The number of aromatic nitrogens is 6. The van der Waals surface area contributed by atoms with Crippen LogP contribution < -0.4 is 0 Å². The van der Waals surface area contributed by atoms with E-state index in [1.165, 1.54) is 0 Å². The first-order valence-electron chi connectivity index (χ1n) is 9.57. The lowest BCUT2D eigenvalue weighted by Gasteiger charge is -2.11. The normalized spacial score (nSPS) is 11.3. The van der Waals surface area contributed by atoms with Gasteiger partial charge in [0.25, 0.3) is 0 Å². The van der Waals surface area contributed by atoms with E-state index in [9.17, 15) is 0 Å². The average molecular weight is 386 g/mol. The molecule has 3 aromatic heterocycles. The molecule has 0 fully saturated rings. The van der Waals surface area contributed by atoms with Crippen molar-refractivity contribution >= 4 is 32.6 Å². The Labute approximate surface area is 171 Å². The summed E-state index contributed by atoms with van der Waals surface area (Å²) in [4.78, 5) is 4.70. The van der Waals surface area contributed by atoms with Gasteiger partial charge in [-0.3, -0.25) is 4.98 Å². The van der Waals surface area contributed by atoms with Crippen LogP contribution >= 0.6 is 0 Å². The maximum Gasteiger partial charge on any atom is 0.125 e. The van der Waals surface area contributed by atoms with Gasteiger partial charge in [0.05, 0.1) is 16.7 Å². The van der Waals surface area contributed by atoms with Crippen LogP contribution in [-0.4, -0.2) is 30.6 Å². The Morgan fingerprint density at radius 1 is 0.567 bits per heavy atom. The third kappa shape index (κ3) is 2.58. The van der Waals surface area contributed by atoms with E-state index in [0.717, 1.165) is 43.8 Å². The topological polar surface area (TPSA) is 77.3 Å². The Bertz CT molecular complexity index is 1550. The highest BCUT2D eigenvalue weighted by molar-refractivity contribution is 6.07. The first-order valence-corrected chi connectivity index (χ1v) is 9.57. The van der Waals surface area contributed by atoms with E-state index < -0.39 is 0 Å². The fourth-order valence-electron chi connectivity index (χ4n) is 3.85. The van der Waals surface area contributed by atoms with Gasteiger partial charge in [0, 0.05) is 27.9 Å². The molecule has 6 rings (SSSR count). The Morgan fingerprint density at radius 2 is 1.40 bits per heavy atom. The minimum Gasteiger partial charge on any atom is -0.256 e. The van der Waals surface area contributed by atoms with E-state index >= 15 is 0 Å². The molecule has 30 heavy (non-hydrogen) atoms. The van der Waals surface area contributed by atoms with Gasteiger partial charge in [0.1, 0.15) is 11.4 Å². The quantitative estimate of drug-likeness (QED) is 0.423. The third-order valence-corrected chi connectivity index (χ3v) is 5.24. The molecule has 0 atom stereocenters. The van der Waals surface area contributed by atoms with Crippen LogP contribution in [0.4, 0.5) is 0 Å². The molecule has 6 aromatic rings. The van der Waals surface area contributed by atoms with E-state index in [1.54, 1.807) is 0 Å². The maximum absolute atomic E-state index is 4.70. The zero-order chi connectivity index (χ0) is 19.9. The minimum absolute atomic E-state index is 0.642. The second-order valence-electron chi connectivity index (χ2n) is 7.01. The molecular weight excluding hydrogens is 372 g/mol. The molecule has 0 aliphatic carbocycles. The molecule has 0 bridgehead atoms. The molecule has 0 saturated heterocycles. The van der Waals surface area contributed by atoms with Crippen molar-refractivity contribution in [2.24, 2.45) is 0 Å². The first-order chi connectivity index (χ1) is 14.9. The van der Waals surface area contributed by atoms with E-state index in [-0.39, 0.29) is 0 Å². The molecular formula is C24H14N6. The molecule has 0 spiro atoms. The highest BCUT2D eigenvalue weighted by atomic mass is 15.3. The summed E-state index contributed by atoms with van der Waals surface area (Å²) in [5.74, 6) is 0. The zero-order valence-corrected chi connectivity index (χ0v) is 15.8. The highest BCUT2D eigenvalue weighted by Gasteiger charge is 2.17. The van der Waals surface area contributed by atoms with Crippen LogP contribution in [0.2, 0.25) is 0 Å². The average Bonchev–Trinajstić information content (AvgIpc) is 2.82. The van der Waals surface area contributed by atoms with Gasteiger partial charge in [-0.25, -0.2) is 0 Å². The van der Waals surface area contributed by atoms with Crippen molar-refractivity contribution in [3.05, 3.63) is 85.1 Å². The van der Waals surface area contributed by atoms with Crippen molar-refractivity contribution in [1.82, 2.24) is 30.6 Å². The van der Waals surface area contributed by atoms with Gasteiger partial charge in [0.2, 0.25) is 0 Å². The maximum atomic E-state index is 4.70. The van der Waals surface area contributed by atoms with Crippen molar-refractivity contribution in [3.63, 3.8) is 0 Å². The summed E-state index contributed by atoms with van der Waals surface area (Å²) >= 11 is 0. The van der Waals surface area contributed by atoms with Gasteiger partial charge in [-0.15, -0.1) is 20.4 Å². The van der Waals surface area contributed by atoms with Gasteiger partial charge in [0.15, 0.2) is 0 Å². The van der Waals surface area contributed by atoms with Gasteiger partial charge in [-0.2, -0.15) is 0 Å². The third-order valence-electron chi connectivity index (χ3n) is 5.24. The molecule has 6 heteroatoms. The summed E-state index contributed by atoms with van der Waals surface area (Å²) in [6, 6.07) is 26.0. The number of nitrogens with zero attached hydrogens (tertiary/aromatic N) is 6. The number of fused-ring (bicyclic) bond motifs is 3. The van der Waals surface area contributed by atoms with Gasteiger partial charge in [-0.1, -0.05) is 54.6 Å². The second kappa shape index (κ2) is 6.63. The molecule has 0 amide bonds. The predicted octanol–water partition coefficient (Wildman–Crippen LogP) is 4.85. The largest absolute Gasteiger partial charge is 0.256 e. The lowest BCUT2D eigenvalue weighted by Crippen LogP contribution is -1.99. The van der Waals surface area contributed by atoms with Crippen molar-refractivity contribution in [2.45, 2.75) is 0 Å². The van der Waals surface area contributed by atoms with E-state index in [4.69, 9.17) is 4.98 Å². The van der Waals surface area contributed by atoms with Crippen LogP contribution in [0, 0.1) is 0 Å². The van der Waals surface area contributed by atoms with Crippen LogP contribution in [-0.2, 0) is 0 Å². The Morgan fingerprint density at radius 3 is 2.37 bits per heavy atom. The molecule has 140 valence electrons. The first kappa shape index (κ1) is 16.6. The van der Waals surface area contributed by atoms with E-state index in [1.807, 2.05) is 72.9 Å². The van der Waals surface area contributed by atoms with Crippen LogP contribution in [0.25, 0.3) is 55.2 Å². The predicted molar refractivity (Wildman–Crippen MR) is 117 cm³/mol. The van der Waals surface area contributed by atoms with Crippen LogP contribution in [0.1, 0.15) is 0 Å². The summed E-state index contributed by atoms with van der Waals surface area (Å²) in [5.41, 5.74) is 4.69. The van der Waals surface area contributed by atoms with Crippen molar-refractivity contribution < 1.29 is 0 Å². The monoisotopic (exact) mass is 386 g/mol. The highest BCUT2D eigenvalue weighted by Crippen LogP contribution is 2.35. The van der Waals surface area contributed by atoms with Gasteiger partial charge >= 0.3 is 0 Å². The summed E-state index contributed by atoms with van der Waals surface area (Å²) in [6.45, 7) is 0. The van der Waals surface area contributed by atoms with Crippen LogP contribution in [0.15, 0.2) is 85.1 Å². The van der Waals surface area contributed by atoms with Crippen LogP contribution in [0.3, 0.4) is 0 Å². The van der Waals surface area contributed by atoms with E-state index in [0.29, 0.717) is 11.4 Å². The van der Waals surface area contributed by atoms with Gasteiger partial charge in [-0.05, 0) is 34.9 Å². The fraction of sp³-hybridized carbons (Fsp3) is 0. The van der Waals surface area contributed by atoms with Crippen LogP contribution in [0.5, 0.6) is 0 Å². The molecule has 0 aliphatic heterocycles. The SMILES string of the molecule is c1ccc2nnc(-c3nnnc4cccc(-c5nccc6ccccc56)c34)cc2c1. The number of hydrogen-bond acceptors (Lipinski definition) is 6. The lowest BCUT2D eigenvalue weighted by molar-refractivity contribution is 0.894. The smallest absolute Gasteiger partial charge is 0.125 e. The molecule has 3 heterocycles. The Hall–Kier alpha value is -4.32. The molecule has 6 nitrogen and oxygen atoms in total. The molecule has 0 unspecified atom stereocenters. The lowest BCUT2D eigenvalue weighted by atomic mass is 9.98. The van der Waals surface area contributed by atoms with Gasteiger partial charge < -0.3 is 0 Å². The van der Waals surface area contributed by atoms with Crippen molar-refractivity contribution in [2.75, 3.05) is 0 Å². The second-order valence-corrected chi connectivity index (χ2v) is 7.01. The molecule has 0 saturated carbocycles. The standard InChI is InChI=1S/C24H14N6/c1-3-8-17-15(6-1)12-13-25-23(17)18-9-5-11-20-22(18)24(29-30-28-20)21-14-16-7-2-4-10-19(16)26-27-21/h1-14H. The minimum atomic E-state index is 0.642. The van der Waals surface area contributed by atoms with E-state index in [2.05, 4.69) is 37.7 Å². The summed E-state index contributed by atoms with van der Waals surface area (Å²) < 4.78 is 0. The molecule has 0 radical (unpaired) electrons. The number of rotatable bonds is 2. The number of pyridine rings is 1. The van der Waals surface area contributed by atoms with Crippen molar-refractivity contribution in [3.8, 4) is 22.6 Å². The number of hydrogen-bond donors (Lipinski definition) is 0. The Balaban J connectivity index is 1.69. The molecule has 0 aliphatic rings. The fourth-order valence-corrected chi connectivity index (χ4v) is 3.85. The summed E-state index contributed by atoms with van der Waals surface area (Å²) in [7, 11) is 0. The van der Waals surface area contributed by atoms with Crippen molar-refractivity contribution in [1.29, 1.82) is 0 Å². The zero-order valence-electron chi connectivity index (χ0n) is 15.8. The summed E-state index contributed by atoms with van der Waals surface area (Å²) in [6.07, 6.45) is 1.83.